The second-order valence-electron chi connectivity index (χ2n) is 3.80. The molecule has 0 unspecified atom stereocenters. The highest BCUT2D eigenvalue weighted by molar-refractivity contribution is 9.10. The molecule has 0 radical (unpaired) electrons. The quantitative estimate of drug-likeness (QED) is 0.913. The number of aryl methyl sites for hydroxylation is 2. The van der Waals surface area contributed by atoms with Crippen LogP contribution in [0.1, 0.15) is 12.6 Å². The summed E-state index contributed by atoms with van der Waals surface area (Å²) in [6.07, 6.45) is 0. The van der Waals surface area contributed by atoms with E-state index in [0.717, 1.165) is 28.2 Å². The van der Waals surface area contributed by atoms with Gasteiger partial charge in [-0.1, -0.05) is 22.0 Å². The van der Waals surface area contributed by atoms with E-state index in [-0.39, 0.29) is 0 Å². The number of nitrogens with zero attached hydrogens (tertiary/aromatic N) is 2. The van der Waals surface area contributed by atoms with Crippen LogP contribution in [0, 0.1) is 6.92 Å². The Balaban J connectivity index is 2.35. The molecule has 2 aromatic rings. The largest absolute Gasteiger partial charge is 0.394 e. The molecule has 0 saturated heterocycles. The van der Waals surface area contributed by atoms with Gasteiger partial charge in [-0.15, -0.1) is 0 Å². The first-order valence-corrected chi connectivity index (χ1v) is 6.26. The Morgan fingerprint density at radius 2 is 2.24 bits per heavy atom. The number of hydrogen-bond acceptors (Lipinski definition) is 3. The van der Waals surface area contributed by atoms with Crippen LogP contribution in [-0.4, -0.2) is 9.78 Å². The van der Waals surface area contributed by atoms with Gasteiger partial charge in [-0.25, -0.2) is 4.68 Å². The van der Waals surface area contributed by atoms with Gasteiger partial charge < -0.3 is 11.1 Å². The van der Waals surface area contributed by atoms with Gasteiger partial charge in [0.05, 0.1) is 11.4 Å². The average molecular weight is 295 g/mol. The molecule has 2 rings (SSSR count). The highest BCUT2D eigenvalue weighted by Gasteiger charge is 2.11. The lowest BCUT2D eigenvalue weighted by atomic mass is 10.3. The highest BCUT2D eigenvalue weighted by atomic mass is 79.9. The molecule has 1 aromatic heterocycles. The summed E-state index contributed by atoms with van der Waals surface area (Å²) in [6, 6.07) is 7.95. The lowest BCUT2D eigenvalue weighted by Gasteiger charge is -2.09. The smallest absolute Gasteiger partial charge is 0.152 e. The first-order chi connectivity index (χ1) is 8.11. The monoisotopic (exact) mass is 294 g/mol. The molecule has 0 spiro atoms. The van der Waals surface area contributed by atoms with Crippen molar-refractivity contribution in [2.45, 2.75) is 20.4 Å². The fraction of sp³-hybridized carbons (Fsp3) is 0.250. The number of anilines is 3. The molecule has 0 atom stereocenters. The zero-order chi connectivity index (χ0) is 12.4. The molecule has 4 nitrogen and oxygen atoms in total. The molecule has 0 aliphatic rings. The Labute approximate surface area is 109 Å². The van der Waals surface area contributed by atoms with Gasteiger partial charge in [-0.3, -0.25) is 0 Å². The topological polar surface area (TPSA) is 55.9 Å². The number of nitrogens with two attached hydrogens (primary N) is 1. The van der Waals surface area contributed by atoms with E-state index in [9.17, 15) is 0 Å². The highest BCUT2D eigenvalue weighted by Crippen LogP contribution is 2.27. The molecule has 0 bridgehead atoms. The minimum Gasteiger partial charge on any atom is -0.394 e. The van der Waals surface area contributed by atoms with Crippen molar-refractivity contribution in [2.24, 2.45) is 0 Å². The van der Waals surface area contributed by atoms with Crippen molar-refractivity contribution in [2.75, 3.05) is 11.1 Å². The molecular formula is C12H15BrN4. The normalized spacial score (nSPS) is 10.5. The predicted molar refractivity (Wildman–Crippen MR) is 74.5 cm³/mol. The third kappa shape index (κ3) is 2.44. The number of aromatic nitrogens is 2. The van der Waals surface area contributed by atoms with E-state index < -0.39 is 0 Å². The van der Waals surface area contributed by atoms with E-state index in [1.54, 1.807) is 0 Å². The number of nitrogen functional groups attached to an aromatic ring is 1. The number of hydrogen-bond donors (Lipinski definition) is 2. The van der Waals surface area contributed by atoms with Crippen LogP contribution in [0.3, 0.4) is 0 Å². The van der Waals surface area contributed by atoms with Gasteiger partial charge in [-0.05, 0) is 32.0 Å². The average Bonchev–Trinajstić information content (AvgIpc) is 2.57. The zero-order valence-corrected chi connectivity index (χ0v) is 11.5. The third-order valence-corrected chi connectivity index (χ3v) is 3.05. The summed E-state index contributed by atoms with van der Waals surface area (Å²) in [5.74, 6) is 0.850. The van der Waals surface area contributed by atoms with Crippen LogP contribution in [0.25, 0.3) is 0 Å². The summed E-state index contributed by atoms with van der Waals surface area (Å²) in [6.45, 7) is 4.74. The SMILES string of the molecule is CCn1nc(C)c(N)c1Nc1cccc(Br)c1. The number of benzene rings is 1. The Bertz CT molecular complexity index is 533. The summed E-state index contributed by atoms with van der Waals surface area (Å²) in [4.78, 5) is 0. The maximum atomic E-state index is 6.01. The fourth-order valence-corrected chi connectivity index (χ4v) is 2.06. The molecule has 0 aliphatic carbocycles. The second-order valence-corrected chi connectivity index (χ2v) is 4.71. The van der Waals surface area contributed by atoms with Crippen molar-refractivity contribution in [3.63, 3.8) is 0 Å². The van der Waals surface area contributed by atoms with Crippen LogP contribution in [0.4, 0.5) is 17.2 Å². The second kappa shape index (κ2) is 4.79. The van der Waals surface area contributed by atoms with Crippen LogP contribution >= 0.6 is 15.9 Å². The van der Waals surface area contributed by atoms with Gasteiger partial charge in [0.25, 0.3) is 0 Å². The van der Waals surface area contributed by atoms with Crippen molar-refractivity contribution in [3.8, 4) is 0 Å². The molecule has 0 amide bonds. The summed E-state index contributed by atoms with van der Waals surface area (Å²) in [5.41, 5.74) is 8.55. The minimum absolute atomic E-state index is 0.701. The number of nitrogens with one attached hydrogen (secondary N) is 1. The molecule has 1 aromatic carbocycles. The van der Waals surface area contributed by atoms with Gasteiger partial charge >= 0.3 is 0 Å². The lowest BCUT2D eigenvalue weighted by molar-refractivity contribution is 0.661. The van der Waals surface area contributed by atoms with Crippen molar-refractivity contribution in [3.05, 3.63) is 34.4 Å². The van der Waals surface area contributed by atoms with Crippen LogP contribution < -0.4 is 11.1 Å². The standard InChI is InChI=1S/C12H15BrN4/c1-3-17-12(11(14)8(2)16-17)15-10-6-4-5-9(13)7-10/h4-7,15H,3,14H2,1-2H3. The van der Waals surface area contributed by atoms with Gasteiger partial charge in [-0.2, -0.15) is 5.10 Å². The Hall–Kier alpha value is -1.49. The molecule has 1 heterocycles. The van der Waals surface area contributed by atoms with Gasteiger partial charge in [0, 0.05) is 16.7 Å². The molecule has 17 heavy (non-hydrogen) atoms. The van der Waals surface area contributed by atoms with Gasteiger partial charge in [0.15, 0.2) is 5.82 Å². The predicted octanol–water partition coefficient (Wildman–Crippen LogP) is 3.30. The van der Waals surface area contributed by atoms with E-state index in [1.165, 1.54) is 0 Å². The molecule has 90 valence electrons. The van der Waals surface area contributed by atoms with Crippen LogP contribution in [-0.2, 0) is 6.54 Å². The third-order valence-electron chi connectivity index (χ3n) is 2.56. The minimum atomic E-state index is 0.701. The van der Waals surface area contributed by atoms with E-state index in [2.05, 4.69) is 26.3 Å². The Morgan fingerprint density at radius 1 is 1.47 bits per heavy atom. The first-order valence-electron chi connectivity index (χ1n) is 5.47. The maximum Gasteiger partial charge on any atom is 0.152 e. The molecule has 0 saturated carbocycles. The molecule has 5 heteroatoms. The lowest BCUT2D eigenvalue weighted by Crippen LogP contribution is -2.04. The van der Waals surface area contributed by atoms with Crippen molar-refractivity contribution in [1.29, 1.82) is 0 Å². The molecule has 3 N–H and O–H groups in total. The summed E-state index contributed by atoms with van der Waals surface area (Å²) >= 11 is 3.44. The maximum absolute atomic E-state index is 6.01. The number of rotatable bonds is 3. The first kappa shape index (κ1) is 12.0. The van der Waals surface area contributed by atoms with Crippen LogP contribution in [0.5, 0.6) is 0 Å². The summed E-state index contributed by atoms with van der Waals surface area (Å²) in [5, 5.41) is 7.66. The fourth-order valence-electron chi connectivity index (χ4n) is 1.66. The van der Waals surface area contributed by atoms with Crippen molar-refractivity contribution < 1.29 is 0 Å². The summed E-state index contributed by atoms with van der Waals surface area (Å²) in [7, 11) is 0. The molecular weight excluding hydrogens is 280 g/mol. The van der Waals surface area contributed by atoms with Crippen molar-refractivity contribution >= 4 is 33.1 Å². The zero-order valence-electron chi connectivity index (χ0n) is 9.87. The summed E-state index contributed by atoms with van der Waals surface area (Å²) < 4.78 is 2.89. The Morgan fingerprint density at radius 3 is 2.88 bits per heavy atom. The number of halogens is 1. The van der Waals surface area contributed by atoms with Gasteiger partial charge in [0.2, 0.25) is 0 Å². The van der Waals surface area contributed by atoms with Crippen LogP contribution in [0.2, 0.25) is 0 Å². The van der Waals surface area contributed by atoms with Crippen LogP contribution in [0.15, 0.2) is 28.7 Å². The van der Waals surface area contributed by atoms with E-state index >= 15 is 0 Å². The molecule has 0 fully saturated rings. The Kier molecular flexibility index (Phi) is 3.38. The van der Waals surface area contributed by atoms with E-state index in [0.29, 0.717) is 5.69 Å². The van der Waals surface area contributed by atoms with E-state index in [1.807, 2.05) is 42.8 Å². The molecule has 0 aliphatic heterocycles. The van der Waals surface area contributed by atoms with Crippen molar-refractivity contribution in [1.82, 2.24) is 9.78 Å². The van der Waals surface area contributed by atoms with Gasteiger partial charge in [0.1, 0.15) is 0 Å². The van der Waals surface area contributed by atoms with E-state index in [4.69, 9.17) is 5.73 Å².